The number of ether oxygens (including phenoxy) is 1. The predicted molar refractivity (Wildman–Crippen MR) is 126 cm³/mol. The smallest absolute Gasteiger partial charge is 0.336 e. The lowest BCUT2D eigenvalue weighted by Gasteiger charge is -2.22. The number of amides is 1. The first kappa shape index (κ1) is 21.8. The fourth-order valence-corrected chi connectivity index (χ4v) is 4.36. The molecular weight excluding hydrogens is 424 g/mol. The van der Waals surface area contributed by atoms with E-state index in [1.165, 1.54) is 38.1 Å². The van der Waals surface area contributed by atoms with Crippen LogP contribution in [-0.2, 0) is 11.2 Å². The van der Waals surface area contributed by atoms with Crippen molar-refractivity contribution in [2.45, 2.75) is 31.6 Å². The molecule has 0 radical (unpaired) electrons. The van der Waals surface area contributed by atoms with E-state index in [1.807, 2.05) is 30.4 Å². The third kappa shape index (κ3) is 5.23. The lowest BCUT2D eigenvalue weighted by molar-refractivity contribution is -0.115. The molecule has 1 saturated carbocycles. The highest BCUT2D eigenvalue weighted by atomic mass is 32.1. The van der Waals surface area contributed by atoms with Gasteiger partial charge in [0.1, 0.15) is 10.8 Å². The summed E-state index contributed by atoms with van der Waals surface area (Å²) in [5.41, 5.74) is 3.27. The number of aromatic nitrogens is 1. The number of hydrogen-bond acceptors (Lipinski definition) is 5. The van der Waals surface area contributed by atoms with E-state index in [0.29, 0.717) is 22.9 Å². The van der Waals surface area contributed by atoms with Crippen LogP contribution in [0.1, 0.15) is 57.4 Å². The summed E-state index contributed by atoms with van der Waals surface area (Å²) in [6.07, 6.45) is 7.68. The van der Waals surface area contributed by atoms with Crippen LogP contribution < -0.4 is 10.1 Å². The standard InChI is InChI=1S/C25H24N2O4S/c1-31-20-10-9-18(21(14-20)25(29)30)13-23(28)26-19-7-2-4-16(12-19)8-11-24-27-22(15-32-24)17-5-3-6-17/h2,4,7-12,14-15,17H,3,5-6,13H2,1H3,(H,26,28)(H,29,30)/b11-8+. The van der Waals surface area contributed by atoms with Crippen molar-refractivity contribution in [1.82, 2.24) is 4.98 Å². The zero-order valence-corrected chi connectivity index (χ0v) is 18.5. The first-order chi connectivity index (χ1) is 15.5. The van der Waals surface area contributed by atoms with Crippen LogP contribution in [0.4, 0.5) is 5.69 Å². The zero-order valence-electron chi connectivity index (χ0n) is 17.7. The lowest BCUT2D eigenvalue weighted by Crippen LogP contribution is -2.16. The van der Waals surface area contributed by atoms with Gasteiger partial charge in [-0.15, -0.1) is 11.3 Å². The van der Waals surface area contributed by atoms with E-state index in [2.05, 4.69) is 10.7 Å². The van der Waals surface area contributed by atoms with E-state index in [9.17, 15) is 14.7 Å². The lowest BCUT2D eigenvalue weighted by atomic mass is 9.83. The van der Waals surface area contributed by atoms with Crippen molar-refractivity contribution in [2.75, 3.05) is 12.4 Å². The minimum atomic E-state index is -1.10. The van der Waals surface area contributed by atoms with Gasteiger partial charge in [0.25, 0.3) is 0 Å². The van der Waals surface area contributed by atoms with Crippen molar-refractivity contribution in [3.05, 3.63) is 75.2 Å². The van der Waals surface area contributed by atoms with Gasteiger partial charge in [0.05, 0.1) is 24.8 Å². The van der Waals surface area contributed by atoms with Crippen molar-refractivity contribution in [3.63, 3.8) is 0 Å². The van der Waals surface area contributed by atoms with Crippen molar-refractivity contribution >= 4 is 41.1 Å². The number of carbonyl (C=O) groups is 2. The molecule has 32 heavy (non-hydrogen) atoms. The molecule has 1 aliphatic rings. The molecule has 1 aromatic heterocycles. The number of carbonyl (C=O) groups excluding carboxylic acids is 1. The monoisotopic (exact) mass is 448 g/mol. The van der Waals surface area contributed by atoms with Crippen molar-refractivity contribution < 1.29 is 19.4 Å². The molecule has 1 fully saturated rings. The van der Waals surface area contributed by atoms with Crippen LogP contribution in [0, 0.1) is 0 Å². The Hall–Kier alpha value is -3.45. The highest BCUT2D eigenvalue weighted by Crippen LogP contribution is 2.36. The molecule has 0 aliphatic heterocycles. The zero-order chi connectivity index (χ0) is 22.5. The summed E-state index contributed by atoms with van der Waals surface area (Å²) in [6, 6.07) is 12.2. The van der Waals surface area contributed by atoms with E-state index in [4.69, 9.17) is 9.72 Å². The van der Waals surface area contributed by atoms with Gasteiger partial charge < -0.3 is 15.2 Å². The first-order valence-corrected chi connectivity index (χ1v) is 11.3. The number of methoxy groups -OCH3 is 1. The summed E-state index contributed by atoms with van der Waals surface area (Å²) in [4.78, 5) is 28.8. The molecule has 0 unspecified atom stereocenters. The van der Waals surface area contributed by atoms with Gasteiger partial charge in [-0.1, -0.05) is 30.7 Å². The molecule has 4 rings (SSSR count). The van der Waals surface area contributed by atoms with E-state index in [0.717, 1.165) is 10.6 Å². The Kier molecular flexibility index (Phi) is 6.66. The molecule has 1 amide bonds. The van der Waals surface area contributed by atoms with Crippen LogP contribution in [0.3, 0.4) is 0 Å². The highest BCUT2D eigenvalue weighted by molar-refractivity contribution is 7.10. The minimum Gasteiger partial charge on any atom is -0.497 e. The number of hydrogen-bond donors (Lipinski definition) is 2. The highest BCUT2D eigenvalue weighted by Gasteiger charge is 2.21. The first-order valence-electron chi connectivity index (χ1n) is 10.5. The Morgan fingerprint density at radius 1 is 1.22 bits per heavy atom. The maximum Gasteiger partial charge on any atom is 0.336 e. The Morgan fingerprint density at radius 3 is 2.78 bits per heavy atom. The van der Waals surface area contributed by atoms with Crippen molar-refractivity contribution in [2.24, 2.45) is 0 Å². The van der Waals surface area contributed by atoms with Gasteiger partial charge in [-0.3, -0.25) is 4.79 Å². The van der Waals surface area contributed by atoms with Crippen LogP contribution in [-0.4, -0.2) is 29.1 Å². The molecule has 164 valence electrons. The fourth-order valence-electron chi connectivity index (χ4n) is 3.57. The average Bonchev–Trinajstić information content (AvgIpc) is 3.19. The second kappa shape index (κ2) is 9.78. The number of thiazole rings is 1. The molecule has 2 N–H and O–H groups in total. The summed E-state index contributed by atoms with van der Waals surface area (Å²) < 4.78 is 5.08. The molecule has 2 aromatic carbocycles. The minimum absolute atomic E-state index is 0.0469. The predicted octanol–water partition coefficient (Wildman–Crippen LogP) is 5.47. The molecule has 0 saturated heterocycles. The number of anilines is 1. The number of aromatic carboxylic acids is 1. The molecule has 0 bridgehead atoms. The number of carboxylic acids is 1. The molecular formula is C25H24N2O4S. The molecule has 3 aromatic rings. The number of nitrogens with one attached hydrogen (secondary N) is 1. The van der Waals surface area contributed by atoms with Gasteiger partial charge in [0, 0.05) is 17.0 Å². The van der Waals surface area contributed by atoms with Crippen molar-refractivity contribution in [3.8, 4) is 5.75 Å². The van der Waals surface area contributed by atoms with Gasteiger partial charge in [0.15, 0.2) is 0 Å². The Morgan fingerprint density at radius 2 is 2.06 bits per heavy atom. The van der Waals surface area contributed by atoms with E-state index in [1.54, 1.807) is 29.5 Å². The summed E-state index contributed by atoms with van der Waals surface area (Å²) in [6.45, 7) is 0. The SMILES string of the molecule is COc1ccc(CC(=O)Nc2cccc(/C=C/c3nc(C4CCC4)cs3)c2)c(C(=O)O)c1. The summed E-state index contributed by atoms with van der Waals surface area (Å²) in [5.74, 6) is -0.323. The maximum atomic E-state index is 12.5. The van der Waals surface area contributed by atoms with Gasteiger partial charge in [-0.25, -0.2) is 9.78 Å². The molecule has 0 atom stereocenters. The third-order valence-corrected chi connectivity index (χ3v) is 6.38. The quantitative estimate of drug-likeness (QED) is 0.477. The number of carboxylic acid groups (broad SMARTS) is 1. The van der Waals surface area contributed by atoms with Crippen LogP contribution in [0.25, 0.3) is 12.2 Å². The number of nitrogens with zero attached hydrogens (tertiary/aromatic N) is 1. The summed E-state index contributed by atoms with van der Waals surface area (Å²) in [5, 5.41) is 15.4. The van der Waals surface area contributed by atoms with Crippen LogP contribution in [0.5, 0.6) is 5.75 Å². The molecule has 0 spiro atoms. The molecule has 7 heteroatoms. The second-order valence-corrected chi connectivity index (χ2v) is 8.64. The topological polar surface area (TPSA) is 88.5 Å². The van der Waals surface area contributed by atoms with E-state index >= 15 is 0 Å². The second-order valence-electron chi connectivity index (χ2n) is 7.75. The summed E-state index contributed by atoms with van der Waals surface area (Å²) in [7, 11) is 1.47. The molecule has 1 heterocycles. The van der Waals surface area contributed by atoms with Crippen LogP contribution in [0.15, 0.2) is 47.8 Å². The van der Waals surface area contributed by atoms with Gasteiger partial charge in [-0.2, -0.15) is 0 Å². The normalized spacial score (nSPS) is 13.7. The van der Waals surface area contributed by atoms with Crippen LogP contribution in [0.2, 0.25) is 0 Å². The largest absolute Gasteiger partial charge is 0.497 e. The summed E-state index contributed by atoms with van der Waals surface area (Å²) >= 11 is 1.64. The van der Waals surface area contributed by atoms with Crippen molar-refractivity contribution in [1.29, 1.82) is 0 Å². The Balaban J connectivity index is 1.41. The van der Waals surface area contributed by atoms with Crippen LogP contribution >= 0.6 is 11.3 Å². The fraction of sp³-hybridized carbons (Fsp3) is 0.240. The Labute approximate surface area is 190 Å². The molecule has 1 aliphatic carbocycles. The van der Waals surface area contributed by atoms with Gasteiger partial charge in [-0.05, 0) is 54.3 Å². The number of rotatable bonds is 8. The number of benzene rings is 2. The van der Waals surface area contributed by atoms with E-state index in [-0.39, 0.29) is 17.9 Å². The third-order valence-electron chi connectivity index (χ3n) is 5.55. The van der Waals surface area contributed by atoms with Gasteiger partial charge in [0.2, 0.25) is 5.91 Å². The Bertz CT molecular complexity index is 1160. The van der Waals surface area contributed by atoms with E-state index < -0.39 is 5.97 Å². The molecule has 6 nitrogen and oxygen atoms in total. The average molecular weight is 449 g/mol. The van der Waals surface area contributed by atoms with Gasteiger partial charge >= 0.3 is 5.97 Å². The maximum absolute atomic E-state index is 12.5.